The minimum absolute atomic E-state index is 0.0395. The van der Waals surface area contributed by atoms with Crippen LogP contribution in [0.2, 0.25) is 0 Å². The molecule has 462 valence electrons. The summed E-state index contributed by atoms with van der Waals surface area (Å²) in [5.74, 6) is 0. The summed E-state index contributed by atoms with van der Waals surface area (Å²) < 4.78 is 0. The number of para-hydroxylation sites is 6. The molecule has 0 spiro atoms. The zero-order valence-electron chi connectivity index (χ0n) is 55.3. The Balaban J connectivity index is 0.868. The molecule has 0 amide bonds. The van der Waals surface area contributed by atoms with Crippen molar-refractivity contribution >= 4 is 204 Å². The summed E-state index contributed by atoms with van der Waals surface area (Å²) in [5, 5.41) is 10.7. The van der Waals surface area contributed by atoms with Crippen LogP contribution in [0.25, 0.3) is 87.6 Å². The van der Waals surface area contributed by atoms with E-state index in [1.54, 1.807) is 0 Å². The molecule has 8 aliphatic rings. The summed E-state index contributed by atoms with van der Waals surface area (Å²) in [6.07, 6.45) is 0. The molecule has 0 fully saturated rings. The highest BCUT2D eigenvalue weighted by atomic mass is 15.2. The van der Waals surface area contributed by atoms with Gasteiger partial charge in [0, 0.05) is 68.2 Å². The van der Waals surface area contributed by atoms with Gasteiger partial charge < -0.3 is 19.6 Å². The molecule has 102 heavy (non-hydrogen) atoms. The Hall–Kier alpha value is -12.8. The molecule has 17 aromatic carbocycles. The highest BCUT2D eigenvalue weighted by molar-refractivity contribution is 7.08. The van der Waals surface area contributed by atoms with E-state index in [2.05, 4.69) is 347 Å². The van der Waals surface area contributed by atoms with Crippen LogP contribution in [-0.4, -0.2) is 26.9 Å². The minimum Gasteiger partial charge on any atom is -0.311 e. The van der Waals surface area contributed by atoms with Gasteiger partial charge in [0.05, 0.1) is 0 Å². The van der Waals surface area contributed by atoms with Gasteiger partial charge in [-0.2, -0.15) is 0 Å². The maximum Gasteiger partial charge on any atom is 0.248 e. The molecule has 0 saturated heterocycles. The molecule has 8 aliphatic heterocycles. The van der Waals surface area contributed by atoms with E-state index in [1.165, 1.54) is 199 Å². The van der Waals surface area contributed by atoms with E-state index in [9.17, 15) is 0 Å². The maximum atomic E-state index is 2.76. The second kappa shape index (κ2) is 19.6. The summed E-state index contributed by atoms with van der Waals surface area (Å²) in [6, 6.07) is 126. The Morgan fingerprint density at radius 1 is 0.167 bits per heavy atom. The quantitative estimate of drug-likeness (QED) is 0.121. The standard InChI is InChI=1S/C94H54B4N4/c1-7-27-55(28-8-1)81-61-39-23-45-67-83(61)87-85-63(81)41-25-47-69(85)97-71-51-72-76(52-75(71)101(59-35-15-5-16-36-59)79-53-77-91(89(87)93(79)97)95(67)65-43-19-21-49-73(65)99(77)57-31-11-3-12-32-57)102(60-37-17-6-18-38-60)80-54-78-92-90-88-84-62(82(56-29-9-2-10-30-56)64-42-26-48-70(86(64)88)98(72)94(80)90)40-24-46-68(84)96(92)66-44-20-22-50-74(66)100(78)58-33-13-4-14-34-58/h1-54H. The first-order valence-electron chi connectivity index (χ1n) is 36.1. The third-order valence-corrected chi connectivity index (χ3v) is 24.5. The van der Waals surface area contributed by atoms with Gasteiger partial charge in [-0.05, 0) is 210 Å². The van der Waals surface area contributed by atoms with Gasteiger partial charge in [-0.15, -0.1) is 0 Å². The zero-order valence-corrected chi connectivity index (χ0v) is 55.3. The van der Waals surface area contributed by atoms with Crippen molar-refractivity contribution in [2.45, 2.75) is 0 Å². The number of benzene rings is 17. The first-order valence-corrected chi connectivity index (χ1v) is 36.1. The van der Waals surface area contributed by atoms with Crippen molar-refractivity contribution in [3.8, 4) is 44.5 Å². The molecule has 0 unspecified atom stereocenters. The van der Waals surface area contributed by atoms with E-state index in [1.807, 2.05) is 0 Å². The summed E-state index contributed by atoms with van der Waals surface area (Å²) in [4.78, 5) is 10.6. The van der Waals surface area contributed by atoms with Crippen LogP contribution in [0.1, 0.15) is 0 Å². The fourth-order valence-corrected chi connectivity index (χ4v) is 21.1. The number of anilines is 12. The molecule has 17 aromatic rings. The molecule has 0 N–H and O–H groups in total. The molecule has 0 aliphatic carbocycles. The average molecular weight is 1280 g/mol. The molecule has 25 rings (SSSR count). The lowest BCUT2D eigenvalue weighted by Gasteiger charge is -2.49. The number of hydrogen-bond donors (Lipinski definition) is 0. The average Bonchev–Trinajstić information content (AvgIpc) is 0.660. The number of hydrogen-bond acceptors (Lipinski definition) is 4. The SMILES string of the molecule is c1ccc(-c2c3cccc4c3c3c5c(cccc25)B2c5cc6c(cc5N(c5ccccc5)c5cc7c(c-3c52)B4c2ccccc2N7c2ccccc2)N(c2ccccc2)c2cc3c4c5c2B6c2cccc6c(-c7ccccc7)c7cccc(c7c-5c26)B4c2ccccc2N3c2ccccc2)cc1. The van der Waals surface area contributed by atoms with Crippen molar-refractivity contribution in [1.82, 2.24) is 0 Å². The second-order valence-corrected chi connectivity index (χ2v) is 29.0. The van der Waals surface area contributed by atoms with Gasteiger partial charge >= 0.3 is 0 Å². The van der Waals surface area contributed by atoms with Crippen LogP contribution in [-0.2, 0) is 0 Å². The molecule has 0 saturated carbocycles. The predicted molar refractivity (Wildman–Crippen MR) is 436 cm³/mol. The van der Waals surface area contributed by atoms with E-state index >= 15 is 0 Å². The molecule has 0 bridgehead atoms. The summed E-state index contributed by atoms with van der Waals surface area (Å²) in [6.45, 7) is -0.407. The van der Waals surface area contributed by atoms with Gasteiger partial charge in [-0.3, -0.25) is 0 Å². The van der Waals surface area contributed by atoms with Crippen LogP contribution < -0.4 is 85.2 Å². The summed E-state index contributed by atoms with van der Waals surface area (Å²) >= 11 is 0. The minimum atomic E-state index is -0.164. The van der Waals surface area contributed by atoms with Crippen molar-refractivity contribution < 1.29 is 0 Å². The van der Waals surface area contributed by atoms with E-state index < -0.39 is 0 Å². The molecule has 0 radical (unpaired) electrons. The highest BCUT2D eigenvalue weighted by Gasteiger charge is 2.54. The Morgan fingerprint density at radius 3 is 0.745 bits per heavy atom. The fourth-order valence-electron chi connectivity index (χ4n) is 21.1. The van der Waals surface area contributed by atoms with Gasteiger partial charge in [-0.1, -0.05) is 271 Å². The van der Waals surface area contributed by atoms with Crippen LogP contribution >= 0.6 is 0 Å². The number of fused-ring (bicyclic) bond motifs is 12. The third kappa shape index (κ3) is 6.61. The second-order valence-electron chi connectivity index (χ2n) is 29.0. The van der Waals surface area contributed by atoms with E-state index in [0.717, 1.165) is 22.7 Å². The molecular weight excluding hydrogens is 1230 g/mol. The van der Waals surface area contributed by atoms with Crippen LogP contribution in [0.5, 0.6) is 0 Å². The van der Waals surface area contributed by atoms with Gasteiger partial charge in [0.1, 0.15) is 0 Å². The van der Waals surface area contributed by atoms with Crippen LogP contribution in [0.4, 0.5) is 68.2 Å². The fraction of sp³-hybridized carbons (Fsp3) is 0. The predicted octanol–water partition coefficient (Wildman–Crippen LogP) is 15.4. The lowest BCUT2D eigenvalue weighted by Crippen LogP contribution is -2.68. The Morgan fingerprint density at radius 2 is 0.422 bits per heavy atom. The number of nitrogens with zero attached hydrogens (tertiary/aromatic N) is 4. The van der Waals surface area contributed by atoms with Crippen LogP contribution in [0, 0.1) is 0 Å². The van der Waals surface area contributed by atoms with Crippen LogP contribution in [0.15, 0.2) is 328 Å². The molecule has 4 nitrogen and oxygen atoms in total. The van der Waals surface area contributed by atoms with Crippen molar-refractivity contribution in [3.05, 3.63) is 328 Å². The summed E-state index contributed by atoms with van der Waals surface area (Å²) in [5.41, 5.74) is 41.1. The first kappa shape index (κ1) is 54.2. The Bertz CT molecular complexity index is 6270. The molecule has 8 heteroatoms. The molecule has 0 aromatic heterocycles. The van der Waals surface area contributed by atoms with Crippen molar-refractivity contribution in [1.29, 1.82) is 0 Å². The maximum absolute atomic E-state index is 2.76. The molecule has 8 heterocycles. The third-order valence-electron chi connectivity index (χ3n) is 24.5. The molecule has 0 atom stereocenters. The summed E-state index contributed by atoms with van der Waals surface area (Å²) in [7, 11) is 0. The highest BCUT2D eigenvalue weighted by Crippen LogP contribution is 2.56. The van der Waals surface area contributed by atoms with Crippen molar-refractivity contribution in [2.24, 2.45) is 0 Å². The van der Waals surface area contributed by atoms with Gasteiger partial charge in [0.25, 0.3) is 0 Å². The van der Waals surface area contributed by atoms with E-state index in [-0.39, 0.29) is 26.9 Å². The van der Waals surface area contributed by atoms with Gasteiger partial charge in [-0.25, -0.2) is 0 Å². The number of rotatable bonds is 6. The first-order chi connectivity index (χ1) is 50.7. The zero-order chi connectivity index (χ0) is 65.9. The monoisotopic (exact) mass is 1280 g/mol. The molecular formula is C94H54B4N4. The Kier molecular flexibility index (Phi) is 10.4. The van der Waals surface area contributed by atoms with Gasteiger partial charge in [0.2, 0.25) is 26.9 Å². The lowest BCUT2D eigenvalue weighted by atomic mass is 9.25. The van der Waals surface area contributed by atoms with Gasteiger partial charge in [0.15, 0.2) is 0 Å². The largest absolute Gasteiger partial charge is 0.311 e. The van der Waals surface area contributed by atoms with Crippen molar-refractivity contribution in [3.63, 3.8) is 0 Å². The Labute approximate surface area is 591 Å². The van der Waals surface area contributed by atoms with E-state index in [4.69, 9.17) is 0 Å². The van der Waals surface area contributed by atoms with E-state index in [0.29, 0.717) is 0 Å². The topological polar surface area (TPSA) is 13.0 Å². The smallest absolute Gasteiger partial charge is 0.248 e. The van der Waals surface area contributed by atoms with Crippen LogP contribution in [0.3, 0.4) is 0 Å². The lowest BCUT2D eigenvalue weighted by molar-refractivity contribution is 1.24. The van der Waals surface area contributed by atoms with Crippen molar-refractivity contribution in [2.75, 3.05) is 19.6 Å². The normalized spacial score (nSPS) is 14.1.